The maximum atomic E-state index is 12.9. The molecule has 2 heterocycles. The van der Waals surface area contributed by atoms with Crippen molar-refractivity contribution >= 4 is 16.7 Å². The summed E-state index contributed by atoms with van der Waals surface area (Å²) >= 11 is 0. The van der Waals surface area contributed by atoms with Crippen molar-refractivity contribution in [2.45, 2.75) is 63.9 Å². The Labute approximate surface area is 205 Å². The average molecular weight is 465 g/mol. The highest BCUT2D eigenvalue weighted by Gasteiger charge is 2.50. The second-order valence-electron chi connectivity index (χ2n) is 10.3. The van der Waals surface area contributed by atoms with Gasteiger partial charge in [-0.25, -0.2) is 9.83 Å². The molecule has 0 radical (unpaired) electrons. The number of aromatic nitrogens is 3. The minimum atomic E-state index is -0.533. The molecule has 0 unspecified atom stereocenters. The first-order valence-corrected chi connectivity index (χ1v) is 12.6. The summed E-state index contributed by atoms with van der Waals surface area (Å²) in [6, 6.07) is 9.96. The molecule has 6 nitrogen and oxygen atoms in total. The van der Waals surface area contributed by atoms with Crippen LogP contribution in [0.3, 0.4) is 0 Å². The number of ether oxygens (including phenoxy) is 1. The summed E-state index contributed by atoms with van der Waals surface area (Å²) in [5.41, 5.74) is 3.41. The Morgan fingerprint density at radius 2 is 1.91 bits per heavy atom. The molecule has 0 bridgehead atoms. The second-order valence-corrected chi connectivity index (χ2v) is 10.3. The zero-order valence-corrected chi connectivity index (χ0v) is 20.1. The Hall–Kier alpha value is -3.59. The first-order chi connectivity index (χ1) is 17.0. The van der Waals surface area contributed by atoms with E-state index >= 15 is 0 Å². The van der Waals surface area contributed by atoms with Gasteiger partial charge in [-0.3, -0.25) is 4.98 Å². The summed E-state index contributed by atoms with van der Waals surface area (Å²) in [6.45, 7) is 11.7. The SMILES string of the molecule is [C-]#[N+]C1=C[C@@]2(C)c3nc(-c4ccnc5ccccc45)nc(OC4CCCC4)c3CC[C@@H]2[C@@H](C)C1=O. The van der Waals surface area contributed by atoms with E-state index in [1.165, 1.54) is 12.8 Å². The third-order valence-electron chi connectivity index (χ3n) is 8.25. The molecule has 0 aliphatic heterocycles. The number of allylic oxidation sites excluding steroid dienone is 2. The third-order valence-corrected chi connectivity index (χ3v) is 8.25. The summed E-state index contributed by atoms with van der Waals surface area (Å²) in [4.78, 5) is 31.1. The fraction of sp³-hybridized carbons (Fsp3) is 0.414. The van der Waals surface area contributed by atoms with Crippen molar-refractivity contribution in [3.8, 4) is 17.3 Å². The van der Waals surface area contributed by atoms with Gasteiger partial charge >= 0.3 is 0 Å². The highest BCUT2D eigenvalue weighted by atomic mass is 16.5. The highest BCUT2D eigenvalue weighted by Crippen LogP contribution is 2.51. The lowest BCUT2D eigenvalue weighted by Gasteiger charge is -2.46. The lowest BCUT2D eigenvalue weighted by Crippen LogP contribution is -2.46. The van der Waals surface area contributed by atoms with Gasteiger partial charge in [0.25, 0.3) is 0 Å². The van der Waals surface area contributed by atoms with E-state index in [0.717, 1.165) is 53.4 Å². The lowest BCUT2D eigenvalue weighted by molar-refractivity contribution is -0.121. The van der Waals surface area contributed by atoms with Crippen LogP contribution < -0.4 is 4.74 Å². The molecule has 0 amide bonds. The number of carbonyl (C=O) groups excluding carboxylic acids is 1. The second kappa shape index (κ2) is 8.27. The van der Waals surface area contributed by atoms with Gasteiger partial charge in [-0.05, 0) is 56.6 Å². The molecular weight excluding hydrogens is 436 g/mol. The van der Waals surface area contributed by atoms with E-state index in [9.17, 15) is 4.79 Å². The standard InChI is InChI=1S/C29H28N4O2/c1-17-22-13-12-21-26(29(22,2)16-24(30-3)25(17)34)32-27(33-28(21)35-18-8-4-5-9-18)20-14-15-31-23-11-7-6-10-19(20)23/h6-7,10-11,14-18,22H,4-5,8-9,12-13H2,1-2H3/t17-,22-,29-/m1/s1. The molecule has 1 saturated carbocycles. The number of hydrogen-bond acceptors (Lipinski definition) is 5. The number of fused-ring (bicyclic) bond motifs is 4. The molecule has 0 saturated heterocycles. The Morgan fingerprint density at radius 3 is 2.71 bits per heavy atom. The predicted octanol–water partition coefficient (Wildman–Crippen LogP) is 5.86. The first-order valence-electron chi connectivity index (χ1n) is 12.6. The number of rotatable bonds is 3. The van der Waals surface area contributed by atoms with Crippen LogP contribution in [0.1, 0.15) is 57.2 Å². The average Bonchev–Trinajstić information content (AvgIpc) is 3.39. The van der Waals surface area contributed by atoms with Crippen molar-refractivity contribution in [3.05, 3.63) is 71.0 Å². The molecular formula is C29H28N4O2. The van der Waals surface area contributed by atoms with Crippen molar-refractivity contribution < 1.29 is 9.53 Å². The number of para-hydroxylation sites is 1. The predicted molar refractivity (Wildman–Crippen MR) is 134 cm³/mol. The molecule has 35 heavy (non-hydrogen) atoms. The lowest BCUT2D eigenvalue weighted by atomic mass is 9.58. The Morgan fingerprint density at radius 1 is 1.11 bits per heavy atom. The van der Waals surface area contributed by atoms with Gasteiger partial charge in [0.05, 0.1) is 17.8 Å². The minimum absolute atomic E-state index is 0.0530. The van der Waals surface area contributed by atoms with Crippen LogP contribution in [0.5, 0.6) is 5.88 Å². The number of carbonyl (C=O) groups is 1. The molecule has 6 heteroatoms. The molecule has 0 N–H and O–H groups in total. The van der Waals surface area contributed by atoms with Crippen molar-refractivity contribution in [1.29, 1.82) is 0 Å². The number of ketones is 1. The molecule has 3 aromatic rings. The molecule has 2 aromatic heterocycles. The minimum Gasteiger partial charge on any atom is -0.474 e. The maximum Gasteiger partial charge on any atom is 0.226 e. The van der Waals surface area contributed by atoms with Crippen LogP contribution >= 0.6 is 0 Å². The fourth-order valence-corrected chi connectivity index (χ4v) is 6.39. The Balaban J connectivity index is 1.59. The van der Waals surface area contributed by atoms with Gasteiger partial charge in [0, 0.05) is 34.0 Å². The van der Waals surface area contributed by atoms with Gasteiger partial charge in [0.1, 0.15) is 6.10 Å². The summed E-state index contributed by atoms with van der Waals surface area (Å²) in [7, 11) is 0. The van der Waals surface area contributed by atoms with E-state index in [4.69, 9.17) is 21.3 Å². The zero-order chi connectivity index (χ0) is 24.2. The van der Waals surface area contributed by atoms with Gasteiger partial charge in [-0.1, -0.05) is 38.1 Å². The molecule has 6 rings (SSSR count). The summed E-state index contributed by atoms with van der Waals surface area (Å²) in [5, 5.41) is 0.990. The topological polar surface area (TPSA) is 69.3 Å². The van der Waals surface area contributed by atoms with Gasteiger partial charge < -0.3 is 9.53 Å². The van der Waals surface area contributed by atoms with Gasteiger partial charge in [0.15, 0.2) is 11.6 Å². The largest absolute Gasteiger partial charge is 0.474 e. The molecule has 1 fully saturated rings. The molecule has 3 aliphatic rings. The third kappa shape index (κ3) is 3.44. The maximum absolute atomic E-state index is 12.9. The number of Topliss-reactive ketones (excluding diaryl/α,β-unsaturated/α-hetero) is 1. The van der Waals surface area contributed by atoms with Crippen LogP contribution in [0.2, 0.25) is 0 Å². The van der Waals surface area contributed by atoms with Crippen molar-refractivity contribution in [1.82, 2.24) is 15.0 Å². The van der Waals surface area contributed by atoms with Gasteiger partial charge in [-0.2, -0.15) is 4.98 Å². The van der Waals surface area contributed by atoms with E-state index in [2.05, 4.69) is 16.8 Å². The zero-order valence-electron chi connectivity index (χ0n) is 20.1. The fourth-order valence-electron chi connectivity index (χ4n) is 6.39. The number of nitrogens with zero attached hydrogens (tertiary/aromatic N) is 4. The van der Waals surface area contributed by atoms with Crippen molar-refractivity contribution in [2.75, 3.05) is 0 Å². The van der Waals surface area contributed by atoms with E-state index in [1.54, 1.807) is 6.20 Å². The monoisotopic (exact) mass is 464 g/mol. The van der Waals surface area contributed by atoms with E-state index in [1.807, 2.05) is 43.3 Å². The molecule has 3 atom stereocenters. The van der Waals surface area contributed by atoms with E-state index < -0.39 is 5.41 Å². The summed E-state index contributed by atoms with van der Waals surface area (Å²) < 4.78 is 6.56. The van der Waals surface area contributed by atoms with Crippen LogP contribution in [-0.4, -0.2) is 26.8 Å². The number of hydrogen-bond donors (Lipinski definition) is 0. The molecule has 1 aromatic carbocycles. The van der Waals surface area contributed by atoms with Crippen LogP contribution in [0.15, 0.2) is 48.3 Å². The smallest absolute Gasteiger partial charge is 0.226 e. The van der Waals surface area contributed by atoms with Crippen molar-refractivity contribution in [2.24, 2.45) is 11.8 Å². The van der Waals surface area contributed by atoms with E-state index in [-0.39, 0.29) is 29.4 Å². The van der Waals surface area contributed by atoms with Crippen LogP contribution in [0, 0.1) is 18.4 Å². The highest BCUT2D eigenvalue weighted by molar-refractivity contribution is 6.00. The van der Waals surface area contributed by atoms with Gasteiger partial charge in [-0.15, -0.1) is 0 Å². The molecule has 0 spiro atoms. The Bertz CT molecular complexity index is 1410. The summed E-state index contributed by atoms with van der Waals surface area (Å²) in [5.74, 6) is 1.09. The van der Waals surface area contributed by atoms with E-state index in [0.29, 0.717) is 11.7 Å². The van der Waals surface area contributed by atoms with Crippen LogP contribution in [-0.2, 0) is 16.6 Å². The number of pyridine rings is 1. The Kier molecular flexibility index (Phi) is 5.17. The van der Waals surface area contributed by atoms with Crippen LogP contribution in [0.25, 0.3) is 27.1 Å². The normalized spacial score (nSPS) is 26.1. The first kappa shape index (κ1) is 21.9. The quantitative estimate of drug-likeness (QED) is 0.455. The van der Waals surface area contributed by atoms with Crippen molar-refractivity contribution in [3.63, 3.8) is 0 Å². The summed E-state index contributed by atoms with van der Waals surface area (Å²) in [6.07, 6.45) is 9.88. The van der Waals surface area contributed by atoms with Gasteiger partial charge in [0.2, 0.25) is 11.6 Å². The van der Waals surface area contributed by atoms with Crippen LogP contribution in [0.4, 0.5) is 0 Å². The molecule has 3 aliphatic carbocycles. The number of benzene rings is 1. The molecule has 176 valence electrons.